The highest BCUT2D eigenvalue weighted by Gasteiger charge is 2.45. The van der Waals surface area contributed by atoms with Crippen molar-refractivity contribution >= 4 is 41.6 Å². The molecule has 0 aromatic carbocycles. The molecule has 0 amide bonds. The molecule has 0 aromatic rings. The third-order valence-electron chi connectivity index (χ3n) is 3.67. The molecule has 0 spiro atoms. The van der Waals surface area contributed by atoms with E-state index < -0.39 is 31.4 Å². The fourth-order valence-corrected chi connectivity index (χ4v) is 3.78. The van der Waals surface area contributed by atoms with Crippen molar-refractivity contribution in [3.63, 3.8) is 0 Å². The average molecular weight is 439 g/mol. The number of amidine groups is 1. The van der Waals surface area contributed by atoms with E-state index in [1.54, 1.807) is 11.1 Å². The Morgan fingerprint density at radius 1 is 1.45 bits per heavy atom. The summed E-state index contributed by atoms with van der Waals surface area (Å²) in [5.74, 6) is 0.773. The Labute approximate surface area is 144 Å². The lowest BCUT2D eigenvalue weighted by molar-refractivity contribution is -0.0578. The number of nitrogens with zero attached hydrogens (tertiary/aromatic N) is 2. The van der Waals surface area contributed by atoms with Gasteiger partial charge in [-0.3, -0.25) is 0 Å². The van der Waals surface area contributed by atoms with E-state index in [2.05, 4.69) is 53.8 Å². The Balaban J connectivity index is 2.10. The van der Waals surface area contributed by atoms with Crippen LogP contribution in [0, 0.1) is 0 Å². The van der Waals surface area contributed by atoms with Gasteiger partial charge >= 0.3 is 0 Å². The molecule has 2 aliphatic rings. The molecule has 6 nitrogen and oxygen atoms in total. The van der Waals surface area contributed by atoms with E-state index in [1.165, 1.54) is 0 Å². The van der Waals surface area contributed by atoms with Gasteiger partial charge in [-0.05, 0) is 48.5 Å². The molecule has 0 radical (unpaired) electrons. The van der Waals surface area contributed by atoms with Crippen LogP contribution in [-0.4, -0.2) is 71.3 Å². The molecule has 124 valence electrons. The molecule has 8 heteroatoms. The molecule has 0 aliphatic carbocycles. The van der Waals surface area contributed by atoms with Crippen molar-refractivity contribution < 1.29 is 14.9 Å². The molecule has 0 aromatic heterocycles. The van der Waals surface area contributed by atoms with Crippen LogP contribution in [0.4, 0.5) is 0 Å². The van der Waals surface area contributed by atoms with Gasteiger partial charge in [0.05, 0.1) is 9.68 Å². The van der Waals surface area contributed by atoms with E-state index in [-0.39, 0.29) is 0 Å². The average Bonchev–Trinajstić information content (AvgIpc) is 2.68. The van der Waals surface area contributed by atoms with Crippen molar-refractivity contribution in [2.75, 3.05) is 19.5 Å². The summed E-state index contributed by atoms with van der Waals surface area (Å²) in [4.78, 5) is 5.75. The van der Waals surface area contributed by atoms with Crippen LogP contribution in [0.2, 0.25) is 0 Å². The van der Waals surface area contributed by atoms with Crippen LogP contribution in [0.5, 0.6) is 0 Å². The lowest BCUT2D eigenvalue weighted by Crippen LogP contribution is -2.42. The number of ether oxygens (including phenoxy) is 1. The Kier molecular flexibility index (Phi) is 5.44. The number of halogens is 1. The standard InChI is InChI=1S/C14H23IN3O3P/c1-8-17-13(16)9(15)7-18(8)14-12(20)11(19)10(21-14)5-6-22(2,3)4/h7,10-12,14,19-20H,1-2,5-6H2,3-4H3,(H2,16,17)/t10-,11-,12-,14-/m1/s1. The first-order valence-electron chi connectivity index (χ1n) is 6.98. The second kappa shape index (κ2) is 6.65. The highest BCUT2D eigenvalue weighted by atomic mass is 127. The molecular formula is C14H23IN3O3P. The third kappa shape index (κ3) is 3.94. The predicted molar refractivity (Wildman–Crippen MR) is 101 cm³/mol. The van der Waals surface area contributed by atoms with E-state index in [0.29, 0.717) is 18.1 Å². The van der Waals surface area contributed by atoms with Gasteiger partial charge in [0.1, 0.15) is 23.9 Å². The summed E-state index contributed by atoms with van der Waals surface area (Å²) < 4.78 is 6.61. The zero-order valence-electron chi connectivity index (χ0n) is 12.8. The second-order valence-corrected chi connectivity index (χ2v) is 11.8. The van der Waals surface area contributed by atoms with E-state index in [1.807, 2.05) is 0 Å². The number of hydrogen-bond acceptors (Lipinski definition) is 6. The van der Waals surface area contributed by atoms with Gasteiger partial charge in [0.2, 0.25) is 0 Å². The largest absolute Gasteiger partial charge is 0.388 e. The maximum absolute atomic E-state index is 10.3. The van der Waals surface area contributed by atoms with E-state index in [4.69, 9.17) is 10.5 Å². The monoisotopic (exact) mass is 439 g/mol. The maximum atomic E-state index is 10.3. The number of aliphatic imine (C=N–C) groups is 1. The summed E-state index contributed by atoms with van der Waals surface area (Å²) in [5, 5.41) is 20.5. The lowest BCUT2D eigenvalue weighted by atomic mass is 10.1. The van der Waals surface area contributed by atoms with Gasteiger partial charge in [0.25, 0.3) is 0 Å². The number of hydrogen-bond donors (Lipinski definition) is 3. The van der Waals surface area contributed by atoms with Crippen LogP contribution in [-0.2, 0) is 4.74 Å². The van der Waals surface area contributed by atoms with Crippen molar-refractivity contribution in [3.8, 4) is 0 Å². The molecule has 2 aliphatic heterocycles. The highest BCUT2D eigenvalue weighted by Crippen LogP contribution is 2.39. The van der Waals surface area contributed by atoms with E-state index >= 15 is 0 Å². The minimum absolute atomic E-state index is 0.384. The summed E-state index contributed by atoms with van der Waals surface area (Å²) in [6.07, 6.45) is 4.38. The molecule has 2 rings (SSSR count). The summed E-state index contributed by atoms with van der Waals surface area (Å²) in [5.41, 5.74) is 5.75. The van der Waals surface area contributed by atoms with Gasteiger partial charge < -0.3 is 25.6 Å². The molecule has 1 saturated heterocycles. The van der Waals surface area contributed by atoms with Crippen LogP contribution in [0.15, 0.2) is 27.2 Å². The first kappa shape index (κ1) is 18.0. The van der Waals surface area contributed by atoms with Crippen molar-refractivity contribution in [1.82, 2.24) is 4.90 Å². The van der Waals surface area contributed by atoms with Crippen LogP contribution >= 0.6 is 29.5 Å². The Morgan fingerprint density at radius 2 is 2.09 bits per heavy atom. The summed E-state index contributed by atoms with van der Waals surface area (Å²) in [7, 11) is 0. The predicted octanol–water partition coefficient (Wildman–Crippen LogP) is 0.953. The first-order valence-corrected chi connectivity index (χ1v) is 11.1. The quantitative estimate of drug-likeness (QED) is 0.449. The number of nitrogens with two attached hydrogens (primary N) is 1. The minimum atomic E-state index is -1.20. The molecule has 22 heavy (non-hydrogen) atoms. The fourth-order valence-electron chi connectivity index (χ4n) is 2.41. The number of rotatable bonds is 4. The molecule has 0 bridgehead atoms. The molecule has 0 unspecified atom stereocenters. The van der Waals surface area contributed by atoms with Gasteiger partial charge in [-0.1, -0.05) is 6.58 Å². The lowest BCUT2D eigenvalue weighted by Gasteiger charge is -2.31. The molecule has 2 heterocycles. The van der Waals surface area contributed by atoms with Crippen LogP contribution in [0.25, 0.3) is 0 Å². The van der Waals surface area contributed by atoms with Crippen LogP contribution in [0.3, 0.4) is 0 Å². The van der Waals surface area contributed by atoms with Gasteiger partial charge in [-0.15, -0.1) is 13.2 Å². The summed E-state index contributed by atoms with van der Waals surface area (Å²) in [6.45, 7) is 6.90. The zero-order chi connectivity index (χ0) is 16.7. The molecule has 4 N–H and O–H groups in total. The number of aliphatic hydroxyl groups excluding tert-OH is 2. The van der Waals surface area contributed by atoms with Gasteiger partial charge in [0.15, 0.2) is 6.23 Å². The Bertz CT molecular complexity index is 572. The van der Waals surface area contributed by atoms with Gasteiger partial charge in [-0.25, -0.2) is 4.99 Å². The smallest absolute Gasteiger partial charge is 0.164 e. The Morgan fingerprint density at radius 3 is 2.68 bits per heavy atom. The third-order valence-corrected chi connectivity index (χ3v) is 5.98. The SMILES string of the molecule is C=C1N=C(N)C(I)=CN1[C@@H]1O[C@H](CCP(=C)(C)C)[C@@H](O)[C@H]1O. The molecular weight excluding hydrogens is 416 g/mol. The normalized spacial score (nSPS) is 33.0. The van der Waals surface area contributed by atoms with Gasteiger partial charge in [-0.2, -0.15) is 0 Å². The van der Waals surface area contributed by atoms with Gasteiger partial charge in [0, 0.05) is 6.20 Å². The topological polar surface area (TPSA) is 91.3 Å². The van der Waals surface area contributed by atoms with Crippen molar-refractivity contribution in [2.45, 2.75) is 31.0 Å². The highest BCUT2D eigenvalue weighted by molar-refractivity contribution is 14.1. The summed E-state index contributed by atoms with van der Waals surface area (Å²) >= 11 is 2.06. The second-order valence-electron chi connectivity index (χ2n) is 6.29. The molecule has 1 fully saturated rings. The van der Waals surface area contributed by atoms with Crippen LogP contribution in [0.1, 0.15) is 6.42 Å². The van der Waals surface area contributed by atoms with Crippen molar-refractivity contribution in [2.24, 2.45) is 10.7 Å². The first-order chi connectivity index (χ1) is 10.1. The van der Waals surface area contributed by atoms with Crippen molar-refractivity contribution in [1.29, 1.82) is 0 Å². The fraction of sp³-hybridized carbons (Fsp3) is 0.571. The van der Waals surface area contributed by atoms with E-state index in [0.717, 1.165) is 9.74 Å². The van der Waals surface area contributed by atoms with Crippen LogP contribution < -0.4 is 5.73 Å². The van der Waals surface area contributed by atoms with Crippen molar-refractivity contribution in [3.05, 3.63) is 22.2 Å². The number of aliphatic hydroxyl groups is 2. The summed E-state index contributed by atoms with van der Waals surface area (Å²) in [6, 6.07) is 0. The minimum Gasteiger partial charge on any atom is -0.388 e. The zero-order valence-corrected chi connectivity index (χ0v) is 15.9. The molecule has 4 atom stereocenters. The van der Waals surface area contributed by atoms with E-state index in [9.17, 15) is 10.2 Å². The maximum Gasteiger partial charge on any atom is 0.164 e. The molecule has 0 saturated carbocycles. The Hall–Kier alpha value is -0.340.